The number of halogens is 1. The standard InChI is InChI=1S/C15H23BrN2S/c1-15(2)6-7-18(8-9-19-15)14-5-4-13(16)10-12(14)11-17-3/h4-5,10,17H,6-9,11H2,1-3H3. The molecule has 1 aromatic rings. The molecule has 2 rings (SSSR count). The molecule has 1 N–H and O–H groups in total. The lowest BCUT2D eigenvalue weighted by molar-refractivity contribution is 0.636. The summed E-state index contributed by atoms with van der Waals surface area (Å²) in [7, 11) is 2.01. The van der Waals surface area contributed by atoms with Crippen LogP contribution in [0.2, 0.25) is 0 Å². The zero-order valence-corrected chi connectivity index (χ0v) is 14.4. The first kappa shape index (κ1) is 15.2. The van der Waals surface area contributed by atoms with E-state index in [1.165, 1.54) is 23.4 Å². The van der Waals surface area contributed by atoms with E-state index in [0.29, 0.717) is 4.75 Å². The molecule has 0 atom stereocenters. The van der Waals surface area contributed by atoms with Crippen molar-refractivity contribution in [3.63, 3.8) is 0 Å². The third-order valence-electron chi connectivity index (χ3n) is 3.59. The van der Waals surface area contributed by atoms with Crippen LogP contribution in [-0.2, 0) is 6.54 Å². The fourth-order valence-electron chi connectivity index (χ4n) is 2.46. The topological polar surface area (TPSA) is 15.3 Å². The predicted molar refractivity (Wildman–Crippen MR) is 90.3 cm³/mol. The Morgan fingerprint density at radius 2 is 2.16 bits per heavy atom. The minimum absolute atomic E-state index is 0.410. The van der Waals surface area contributed by atoms with Gasteiger partial charge in [-0.25, -0.2) is 0 Å². The highest BCUT2D eigenvalue weighted by Gasteiger charge is 2.24. The molecule has 1 aromatic carbocycles. The molecule has 1 fully saturated rings. The summed E-state index contributed by atoms with van der Waals surface area (Å²) in [6, 6.07) is 6.63. The van der Waals surface area contributed by atoms with Crippen molar-refractivity contribution >= 4 is 33.4 Å². The maximum absolute atomic E-state index is 3.57. The van der Waals surface area contributed by atoms with Crippen LogP contribution in [0.5, 0.6) is 0 Å². The van der Waals surface area contributed by atoms with Crippen LogP contribution in [-0.4, -0.2) is 30.6 Å². The maximum Gasteiger partial charge on any atom is 0.0412 e. The van der Waals surface area contributed by atoms with Crippen molar-refractivity contribution < 1.29 is 0 Å². The SMILES string of the molecule is CNCc1cc(Br)ccc1N1CCSC(C)(C)CC1. The predicted octanol–water partition coefficient (Wildman–Crippen LogP) is 3.89. The Labute approximate surface area is 129 Å². The molecular formula is C15H23BrN2S. The minimum atomic E-state index is 0.410. The first-order valence-corrected chi connectivity index (χ1v) is 8.62. The summed E-state index contributed by atoms with van der Waals surface area (Å²) in [6.45, 7) is 7.93. The van der Waals surface area contributed by atoms with Crippen LogP contribution in [0.4, 0.5) is 5.69 Å². The molecule has 2 nitrogen and oxygen atoms in total. The largest absolute Gasteiger partial charge is 0.370 e. The molecule has 0 amide bonds. The number of nitrogens with one attached hydrogen (secondary N) is 1. The summed E-state index contributed by atoms with van der Waals surface area (Å²) < 4.78 is 1.57. The molecule has 4 heteroatoms. The zero-order chi connectivity index (χ0) is 13.9. The number of thioether (sulfide) groups is 1. The maximum atomic E-state index is 3.57. The van der Waals surface area contributed by atoms with Gasteiger partial charge >= 0.3 is 0 Å². The number of nitrogens with zero attached hydrogens (tertiary/aromatic N) is 1. The summed E-state index contributed by atoms with van der Waals surface area (Å²) in [5, 5.41) is 3.27. The Morgan fingerprint density at radius 3 is 2.89 bits per heavy atom. The number of rotatable bonds is 3. The lowest BCUT2D eigenvalue weighted by atomic mass is 10.1. The van der Waals surface area contributed by atoms with E-state index in [9.17, 15) is 0 Å². The zero-order valence-electron chi connectivity index (χ0n) is 12.0. The first-order chi connectivity index (χ1) is 9.02. The average Bonchev–Trinajstić information content (AvgIpc) is 2.51. The number of anilines is 1. The van der Waals surface area contributed by atoms with Gasteiger partial charge in [0, 0.05) is 40.3 Å². The summed E-state index contributed by atoms with van der Waals surface area (Å²) in [5.74, 6) is 1.21. The molecule has 1 aliphatic rings. The van der Waals surface area contributed by atoms with Gasteiger partial charge in [-0.2, -0.15) is 11.8 Å². The molecule has 106 valence electrons. The van der Waals surface area contributed by atoms with E-state index in [1.54, 1.807) is 0 Å². The third-order valence-corrected chi connectivity index (χ3v) is 5.45. The van der Waals surface area contributed by atoms with Crippen molar-refractivity contribution in [2.75, 3.05) is 30.8 Å². The van der Waals surface area contributed by atoms with Crippen molar-refractivity contribution in [2.45, 2.75) is 31.6 Å². The molecule has 0 bridgehead atoms. The van der Waals surface area contributed by atoms with Gasteiger partial charge in [0.2, 0.25) is 0 Å². The van der Waals surface area contributed by atoms with Gasteiger partial charge in [0.15, 0.2) is 0 Å². The quantitative estimate of drug-likeness (QED) is 0.896. The van der Waals surface area contributed by atoms with Gasteiger partial charge in [0.25, 0.3) is 0 Å². The van der Waals surface area contributed by atoms with Crippen molar-refractivity contribution in [1.29, 1.82) is 0 Å². The van der Waals surface area contributed by atoms with Gasteiger partial charge in [0.05, 0.1) is 0 Å². The van der Waals surface area contributed by atoms with E-state index in [0.717, 1.165) is 24.1 Å². The summed E-state index contributed by atoms with van der Waals surface area (Å²) in [4.78, 5) is 2.54. The van der Waals surface area contributed by atoms with Crippen LogP contribution in [0.15, 0.2) is 22.7 Å². The number of hydrogen-bond donors (Lipinski definition) is 1. The van der Waals surface area contributed by atoms with Crippen molar-refractivity contribution in [1.82, 2.24) is 5.32 Å². The molecule has 1 heterocycles. The Bertz CT molecular complexity index is 434. The smallest absolute Gasteiger partial charge is 0.0412 e. The van der Waals surface area contributed by atoms with E-state index in [2.05, 4.69) is 70.0 Å². The Balaban J connectivity index is 2.21. The first-order valence-electron chi connectivity index (χ1n) is 6.84. The van der Waals surface area contributed by atoms with Crippen LogP contribution in [0.3, 0.4) is 0 Å². The molecule has 0 unspecified atom stereocenters. The van der Waals surface area contributed by atoms with Crippen LogP contribution >= 0.6 is 27.7 Å². The van der Waals surface area contributed by atoms with Crippen LogP contribution in [0.25, 0.3) is 0 Å². The highest BCUT2D eigenvalue weighted by Crippen LogP contribution is 2.33. The van der Waals surface area contributed by atoms with E-state index >= 15 is 0 Å². The summed E-state index contributed by atoms with van der Waals surface area (Å²) in [6.07, 6.45) is 1.24. The third kappa shape index (κ3) is 4.14. The second kappa shape index (κ2) is 6.51. The molecule has 0 aliphatic carbocycles. The molecule has 1 saturated heterocycles. The molecule has 0 radical (unpaired) electrons. The molecule has 1 aliphatic heterocycles. The second-order valence-corrected chi connectivity index (χ2v) is 8.37. The lowest BCUT2D eigenvalue weighted by Crippen LogP contribution is -2.28. The van der Waals surface area contributed by atoms with Crippen molar-refractivity contribution in [3.05, 3.63) is 28.2 Å². The molecule has 19 heavy (non-hydrogen) atoms. The highest BCUT2D eigenvalue weighted by molar-refractivity contribution is 9.10. The number of benzene rings is 1. The minimum Gasteiger partial charge on any atom is -0.370 e. The van der Waals surface area contributed by atoms with Gasteiger partial charge in [-0.3, -0.25) is 0 Å². The van der Waals surface area contributed by atoms with Crippen LogP contribution in [0.1, 0.15) is 25.8 Å². The van der Waals surface area contributed by atoms with E-state index < -0.39 is 0 Å². The van der Waals surface area contributed by atoms with E-state index in [-0.39, 0.29) is 0 Å². The fourth-order valence-corrected chi connectivity index (χ4v) is 3.96. The summed E-state index contributed by atoms with van der Waals surface area (Å²) >= 11 is 5.67. The van der Waals surface area contributed by atoms with Gasteiger partial charge in [0.1, 0.15) is 0 Å². The van der Waals surface area contributed by atoms with E-state index in [1.807, 2.05) is 7.05 Å². The average molecular weight is 343 g/mol. The second-order valence-electron chi connectivity index (χ2n) is 5.65. The number of hydrogen-bond acceptors (Lipinski definition) is 3. The van der Waals surface area contributed by atoms with Crippen LogP contribution < -0.4 is 10.2 Å². The summed E-state index contributed by atoms with van der Waals surface area (Å²) in [5.41, 5.74) is 2.76. The Hall–Kier alpha value is -0.190. The van der Waals surface area contributed by atoms with Crippen LogP contribution in [0, 0.1) is 0 Å². The van der Waals surface area contributed by atoms with Crippen molar-refractivity contribution in [3.8, 4) is 0 Å². The Kier molecular flexibility index (Phi) is 5.21. The molecule has 0 aromatic heterocycles. The fraction of sp³-hybridized carbons (Fsp3) is 0.600. The molecule has 0 spiro atoms. The molecule has 0 saturated carbocycles. The van der Waals surface area contributed by atoms with Crippen molar-refractivity contribution in [2.24, 2.45) is 0 Å². The highest BCUT2D eigenvalue weighted by atomic mass is 79.9. The Morgan fingerprint density at radius 1 is 1.37 bits per heavy atom. The van der Waals surface area contributed by atoms with E-state index in [4.69, 9.17) is 0 Å². The lowest BCUT2D eigenvalue weighted by Gasteiger charge is -2.26. The monoisotopic (exact) mass is 342 g/mol. The molecular weight excluding hydrogens is 320 g/mol. The van der Waals surface area contributed by atoms with Gasteiger partial charge in [-0.15, -0.1) is 0 Å². The normalized spacial score (nSPS) is 19.3. The van der Waals surface area contributed by atoms with Gasteiger partial charge < -0.3 is 10.2 Å². The van der Waals surface area contributed by atoms with Gasteiger partial charge in [-0.1, -0.05) is 29.8 Å². The van der Waals surface area contributed by atoms with Gasteiger partial charge in [-0.05, 0) is 37.2 Å².